The highest BCUT2D eigenvalue weighted by molar-refractivity contribution is 7.91. The van der Waals surface area contributed by atoms with Crippen molar-refractivity contribution in [3.63, 3.8) is 0 Å². The highest BCUT2D eigenvalue weighted by atomic mass is 32.2. The van der Waals surface area contributed by atoms with Crippen LogP contribution < -0.4 is 4.72 Å². The number of aliphatic hydroxyl groups is 2. The average Bonchev–Trinajstić information content (AvgIpc) is 2.74. The summed E-state index contributed by atoms with van der Waals surface area (Å²) < 4.78 is 25.6. The molecule has 4 N–H and O–H groups in total. The Balaban J connectivity index is 2.85. The largest absolute Gasteiger partial charge is 0.481 e. The molecule has 0 aliphatic carbocycles. The molecule has 0 unspecified atom stereocenters. The molecule has 102 valence electrons. The molecule has 0 radical (unpaired) electrons. The minimum Gasteiger partial charge on any atom is -0.481 e. The fourth-order valence-electron chi connectivity index (χ4n) is 1.16. The van der Waals surface area contributed by atoms with Gasteiger partial charge in [-0.15, -0.1) is 11.3 Å². The number of sulfonamides is 1. The Labute approximate surface area is 108 Å². The van der Waals surface area contributed by atoms with Crippen molar-refractivity contribution < 1.29 is 28.5 Å². The number of aliphatic carboxylic acids is 1. The third-order valence-electron chi connectivity index (χ3n) is 1.99. The van der Waals surface area contributed by atoms with Crippen LogP contribution in [-0.4, -0.2) is 49.0 Å². The first-order chi connectivity index (χ1) is 8.39. The van der Waals surface area contributed by atoms with Gasteiger partial charge in [-0.2, -0.15) is 0 Å². The van der Waals surface area contributed by atoms with Crippen molar-refractivity contribution in [3.8, 4) is 0 Å². The normalized spacial score (nSPS) is 11.9. The molecule has 0 aliphatic heterocycles. The Morgan fingerprint density at radius 2 is 1.94 bits per heavy atom. The van der Waals surface area contributed by atoms with Gasteiger partial charge in [-0.25, -0.2) is 13.1 Å². The molecule has 0 bridgehead atoms. The van der Waals surface area contributed by atoms with Crippen LogP contribution in [0, 0.1) is 0 Å². The predicted molar refractivity (Wildman–Crippen MR) is 63.9 cm³/mol. The molecule has 0 spiro atoms. The number of hydrogen-bond donors (Lipinski definition) is 4. The Kier molecular flexibility index (Phi) is 5.23. The molecule has 1 aromatic rings. The zero-order valence-electron chi connectivity index (χ0n) is 9.24. The van der Waals surface area contributed by atoms with Crippen molar-refractivity contribution in [2.75, 3.05) is 13.2 Å². The molecule has 0 aliphatic rings. The maximum Gasteiger partial charge on any atom is 0.308 e. The topological polar surface area (TPSA) is 124 Å². The van der Waals surface area contributed by atoms with Crippen LogP contribution in [0.1, 0.15) is 4.88 Å². The van der Waals surface area contributed by atoms with Crippen molar-refractivity contribution in [1.29, 1.82) is 0 Å². The lowest BCUT2D eigenvalue weighted by atomic mass is 10.3. The number of aliphatic hydroxyl groups excluding tert-OH is 2. The third-order valence-corrected chi connectivity index (χ3v) is 5.09. The minimum absolute atomic E-state index is 0.0503. The van der Waals surface area contributed by atoms with Gasteiger partial charge in [0.1, 0.15) is 4.21 Å². The summed E-state index contributed by atoms with van der Waals surface area (Å²) in [5, 5.41) is 26.2. The molecule has 0 saturated heterocycles. The molecule has 1 rings (SSSR count). The fraction of sp³-hybridized carbons (Fsp3) is 0.444. The summed E-state index contributed by atoms with van der Waals surface area (Å²) in [6.07, 6.45) is -0.246. The third kappa shape index (κ3) is 4.03. The molecule has 1 heterocycles. The van der Waals surface area contributed by atoms with Crippen molar-refractivity contribution in [1.82, 2.24) is 4.72 Å². The van der Waals surface area contributed by atoms with E-state index in [1.807, 2.05) is 0 Å². The highest BCUT2D eigenvalue weighted by Gasteiger charge is 2.21. The van der Waals surface area contributed by atoms with Gasteiger partial charge in [0.05, 0.1) is 25.7 Å². The molecule has 9 heteroatoms. The second kappa shape index (κ2) is 6.25. The van der Waals surface area contributed by atoms with Crippen molar-refractivity contribution in [2.45, 2.75) is 16.7 Å². The van der Waals surface area contributed by atoms with Crippen LogP contribution in [0.3, 0.4) is 0 Å². The van der Waals surface area contributed by atoms with E-state index in [2.05, 4.69) is 4.72 Å². The van der Waals surface area contributed by atoms with E-state index < -0.39 is 35.2 Å². The van der Waals surface area contributed by atoms with Gasteiger partial charge in [-0.1, -0.05) is 0 Å². The Morgan fingerprint density at radius 1 is 1.33 bits per heavy atom. The molecule has 0 amide bonds. The van der Waals surface area contributed by atoms with Crippen molar-refractivity contribution in [2.24, 2.45) is 0 Å². The van der Waals surface area contributed by atoms with Crippen LogP contribution in [0.4, 0.5) is 0 Å². The summed E-state index contributed by atoms with van der Waals surface area (Å²) in [5.74, 6) is -1.04. The monoisotopic (exact) mass is 295 g/mol. The number of rotatable bonds is 7. The maximum absolute atomic E-state index is 11.8. The van der Waals surface area contributed by atoms with E-state index in [0.717, 1.165) is 11.3 Å². The van der Waals surface area contributed by atoms with E-state index in [-0.39, 0.29) is 10.6 Å². The SMILES string of the molecule is O=C(O)Cc1ccc(S(=O)(=O)NC(CO)CO)s1. The zero-order chi connectivity index (χ0) is 13.8. The van der Waals surface area contributed by atoms with Crippen LogP contribution in [0.5, 0.6) is 0 Å². The van der Waals surface area contributed by atoms with Gasteiger partial charge in [0, 0.05) is 4.88 Å². The first-order valence-corrected chi connectivity index (χ1v) is 7.23. The van der Waals surface area contributed by atoms with Crippen molar-refractivity contribution in [3.05, 3.63) is 17.0 Å². The molecule has 0 atom stereocenters. The molecule has 1 aromatic heterocycles. The van der Waals surface area contributed by atoms with Crippen LogP contribution in [0.25, 0.3) is 0 Å². The summed E-state index contributed by atoms with van der Waals surface area (Å²) in [6, 6.07) is 1.73. The number of carboxylic acids is 1. The number of thiophene rings is 1. The second-order valence-electron chi connectivity index (χ2n) is 3.47. The van der Waals surface area contributed by atoms with E-state index in [0.29, 0.717) is 4.88 Å². The standard InChI is InChI=1S/C9H13NO6S2/c11-4-6(5-12)10-18(15,16)9-2-1-7(17-9)3-8(13)14/h1-2,6,10-12H,3-5H2,(H,13,14). The van der Waals surface area contributed by atoms with Crippen molar-refractivity contribution >= 4 is 27.3 Å². The Hall–Kier alpha value is -1.00. The molecule has 18 heavy (non-hydrogen) atoms. The lowest BCUT2D eigenvalue weighted by Gasteiger charge is -2.12. The van der Waals surface area contributed by atoms with Crippen LogP contribution in [-0.2, 0) is 21.2 Å². The first-order valence-electron chi connectivity index (χ1n) is 4.93. The lowest BCUT2D eigenvalue weighted by molar-refractivity contribution is -0.136. The van der Waals surface area contributed by atoms with E-state index in [4.69, 9.17) is 15.3 Å². The van der Waals surface area contributed by atoms with E-state index in [1.165, 1.54) is 12.1 Å². The predicted octanol–water partition coefficient (Wildman–Crippen LogP) is -0.993. The Morgan fingerprint density at radius 3 is 2.44 bits per heavy atom. The van der Waals surface area contributed by atoms with Crippen LogP contribution in [0.2, 0.25) is 0 Å². The van der Waals surface area contributed by atoms with E-state index >= 15 is 0 Å². The van der Waals surface area contributed by atoms with Gasteiger partial charge < -0.3 is 15.3 Å². The van der Waals surface area contributed by atoms with Gasteiger partial charge in [-0.3, -0.25) is 4.79 Å². The molecule has 0 fully saturated rings. The maximum atomic E-state index is 11.8. The number of nitrogens with one attached hydrogen (secondary N) is 1. The summed E-state index contributed by atoms with van der Waals surface area (Å²) in [5.41, 5.74) is 0. The summed E-state index contributed by atoms with van der Waals surface area (Å²) in [7, 11) is -3.84. The number of carbonyl (C=O) groups is 1. The molecule has 0 aromatic carbocycles. The highest BCUT2D eigenvalue weighted by Crippen LogP contribution is 2.22. The average molecular weight is 295 g/mol. The molecule has 0 saturated carbocycles. The fourth-order valence-corrected chi connectivity index (χ4v) is 3.74. The van der Waals surface area contributed by atoms with Gasteiger partial charge in [0.2, 0.25) is 10.0 Å². The molecule has 7 nitrogen and oxygen atoms in total. The minimum atomic E-state index is -3.84. The van der Waals surface area contributed by atoms with Gasteiger partial charge >= 0.3 is 5.97 Å². The van der Waals surface area contributed by atoms with E-state index in [1.54, 1.807) is 0 Å². The second-order valence-corrected chi connectivity index (χ2v) is 6.58. The van der Waals surface area contributed by atoms with Gasteiger partial charge in [-0.05, 0) is 12.1 Å². The summed E-state index contributed by atoms with van der Waals surface area (Å²) in [6.45, 7) is -1.05. The zero-order valence-corrected chi connectivity index (χ0v) is 10.9. The molecular formula is C9H13NO6S2. The Bertz CT molecular complexity index is 505. The number of hydrogen-bond acceptors (Lipinski definition) is 6. The van der Waals surface area contributed by atoms with Crippen LogP contribution in [0.15, 0.2) is 16.3 Å². The van der Waals surface area contributed by atoms with E-state index in [9.17, 15) is 13.2 Å². The van der Waals surface area contributed by atoms with Gasteiger partial charge in [0.25, 0.3) is 0 Å². The molecular weight excluding hydrogens is 282 g/mol. The van der Waals surface area contributed by atoms with Crippen LogP contribution >= 0.6 is 11.3 Å². The summed E-state index contributed by atoms with van der Waals surface area (Å²) in [4.78, 5) is 10.9. The summed E-state index contributed by atoms with van der Waals surface area (Å²) >= 11 is 0.837. The smallest absolute Gasteiger partial charge is 0.308 e. The number of carboxylic acid groups (broad SMARTS) is 1. The lowest BCUT2D eigenvalue weighted by Crippen LogP contribution is -2.39. The van der Waals surface area contributed by atoms with Gasteiger partial charge in [0.15, 0.2) is 0 Å². The first kappa shape index (κ1) is 15.1. The quantitative estimate of drug-likeness (QED) is 0.512.